The average molecular weight is 131 g/mol. The van der Waals surface area contributed by atoms with Crippen molar-refractivity contribution >= 4 is 5.97 Å². The summed E-state index contributed by atoms with van der Waals surface area (Å²) in [5.74, 6) is -0.426. The lowest BCUT2D eigenvalue weighted by atomic mass is 10.5. The highest BCUT2D eigenvalue weighted by molar-refractivity contribution is 5.81. The van der Waals surface area contributed by atoms with Gasteiger partial charge in [-0.1, -0.05) is 6.08 Å². The molecule has 52 valence electrons. The van der Waals surface area contributed by atoms with Crippen LogP contribution in [0, 0.1) is 0 Å². The molecule has 0 aliphatic carbocycles. The molecule has 0 fully saturated rings. The zero-order valence-electron chi connectivity index (χ0n) is 5.13. The fourth-order valence-electron chi connectivity index (χ4n) is 0.276. The smallest absolute Gasteiger partial charge is 0.330 e. The molecule has 0 heterocycles. The lowest BCUT2D eigenvalue weighted by Crippen LogP contribution is -2.06. The number of carbonyl (C=O) groups is 1. The lowest BCUT2D eigenvalue weighted by molar-refractivity contribution is -0.134. The molecule has 0 aliphatic rings. The van der Waals surface area contributed by atoms with Gasteiger partial charge in [-0.25, -0.2) is 10.3 Å². The molecule has 0 aromatic carbocycles. The molecular formula is C5H9NO3. The molecular weight excluding hydrogens is 122 g/mol. The third-order valence-electron chi connectivity index (χ3n) is 0.664. The molecule has 0 aromatic heterocycles. The van der Waals surface area contributed by atoms with Crippen molar-refractivity contribution in [2.24, 2.45) is 0 Å². The van der Waals surface area contributed by atoms with Crippen molar-refractivity contribution in [3.63, 3.8) is 0 Å². The van der Waals surface area contributed by atoms with Crippen LogP contribution < -0.4 is 5.48 Å². The van der Waals surface area contributed by atoms with Gasteiger partial charge >= 0.3 is 5.97 Å². The molecule has 0 spiro atoms. The Labute approximate surface area is 53.1 Å². The van der Waals surface area contributed by atoms with E-state index in [1.807, 2.05) is 5.48 Å². The molecule has 0 atom stereocenters. The maximum absolute atomic E-state index is 10.3. The monoisotopic (exact) mass is 131 g/mol. The zero-order valence-corrected chi connectivity index (χ0v) is 5.13. The summed E-state index contributed by atoms with van der Waals surface area (Å²) in [4.78, 5) is 10.3. The third-order valence-corrected chi connectivity index (χ3v) is 0.664. The molecule has 0 unspecified atom stereocenters. The van der Waals surface area contributed by atoms with Crippen LogP contribution in [0.4, 0.5) is 0 Å². The van der Waals surface area contributed by atoms with Crippen LogP contribution in [0.25, 0.3) is 0 Å². The number of ether oxygens (including phenoxy) is 1. The molecule has 2 N–H and O–H groups in total. The highest BCUT2D eigenvalue weighted by Crippen LogP contribution is 1.74. The molecule has 0 saturated heterocycles. The summed E-state index contributed by atoms with van der Waals surface area (Å²) in [6.07, 6.45) is 2.68. The molecule has 4 heteroatoms. The van der Waals surface area contributed by atoms with E-state index in [0.29, 0.717) is 0 Å². The number of hydroxylamine groups is 1. The Morgan fingerprint density at radius 2 is 2.56 bits per heavy atom. The Morgan fingerprint density at radius 1 is 1.89 bits per heavy atom. The van der Waals surface area contributed by atoms with Crippen molar-refractivity contribution in [1.29, 1.82) is 0 Å². The first-order chi connectivity index (χ1) is 4.31. The van der Waals surface area contributed by atoms with Crippen LogP contribution in [0.2, 0.25) is 0 Å². The van der Waals surface area contributed by atoms with Crippen LogP contribution in [0.1, 0.15) is 0 Å². The van der Waals surface area contributed by atoms with Gasteiger partial charge in [-0.05, 0) is 0 Å². The Hall–Kier alpha value is -0.870. The van der Waals surface area contributed by atoms with E-state index in [4.69, 9.17) is 5.21 Å². The summed E-state index contributed by atoms with van der Waals surface area (Å²) in [6, 6.07) is 0. The summed E-state index contributed by atoms with van der Waals surface area (Å²) >= 11 is 0. The summed E-state index contributed by atoms with van der Waals surface area (Å²) < 4.78 is 4.26. The molecule has 0 radical (unpaired) electrons. The van der Waals surface area contributed by atoms with Crippen molar-refractivity contribution in [2.75, 3.05) is 13.7 Å². The van der Waals surface area contributed by atoms with E-state index < -0.39 is 5.97 Å². The first-order valence-electron chi connectivity index (χ1n) is 2.42. The van der Waals surface area contributed by atoms with Gasteiger partial charge in [0.05, 0.1) is 7.11 Å². The van der Waals surface area contributed by atoms with Gasteiger partial charge in [-0.2, -0.15) is 0 Å². The number of methoxy groups -OCH3 is 1. The fraction of sp³-hybridized carbons (Fsp3) is 0.400. The van der Waals surface area contributed by atoms with Crippen LogP contribution in [0.3, 0.4) is 0 Å². The number of carbonyl (C=O) groups excluding carboxylic acids is 1. The number of hydrogen-bond acceptors (Lipinski definition) is 4. The van der Waals surface area contributed by atoms with Gasteiger partial charge in [-0.15, -0.1) is 0 Å². The lowest BCUT2D eigenvalue weighted by Gasteiger charge is -1.88. The minimum Gasteiger partial charge on any atom is -0.466 e. The number of hydrogen-bond donors (Lipinski definition) is 2. The quantitative estimate of drug-likeness (QED) is 0.313. The second kappa shape index (κ2) is 5.27. The number of nitrogens with one attached hydrogen (secondary N) is 1. The van der Waals surface area contributed by atoms with Crippen molar-refractivity contribution in [1.82, 2.24) is 5.48 Å². The highest BCUT2D eigenvalue weighted by atomic mass is 16.5. The largest absolute Gasteiger partial charge is 0.466 e. The molecule has 0 rings (SSSR count). The predicted molar refractivity (Wildman–Crippen MR) is 30.9 cm³/mol. The SMILES string of the molecule is COC(=O)/C=C/CNO. The maximum atomic E-state index is 10.3. The summed E-state index contributed by atoms with van der Waals surface area (Å²) in [5.41, 5.74) is 1.85. The molecule has 0 bridgehead atoms. The van der Waals surface area contributed by atoms with Gasteiger partial charge in [0.1, 0.15) is 0 Å². The van der Waals surface area contributed by atoms with Gasteiger partial charge in [0.25, 0.3) is 0 Å². The number of esters is 1. The Kier molecular flexibility index (Phi) is 4.76. The average Bonchev–Trinajstić information content (AvgIpc) is 1.89. The first kappa shape index (κ1) is 8.13. The molecule has 0 amide bonds. The van der Waals surface area contributed by atoms with Gasteiger partial charge in [0, 0.05) is 12.6 Å². The van der Waals surface area contributed by atoms with Crippen LogP contribution in [-0.4, -0.2) is 24.8 Å². The van der Waals surface area contributed by atoms with Crippen molar-refractivity contribution < 1.29 is 14.7 Å². The third kappa shape index (κ3) is 4.99. The van der Waals surface area contributed by atoms with Gasteiger partial charge < -0.3 is 9.94 Å². The Bertz CT molecular complexity index is 111. The van der Waals surface area contributed by atoms with E-state index >= 15 is 0 Å². The molecule has 9 heavy (non-hydrogen) atoms. The van der Waals surface area contributed by atoms with Crippen molar-refractivity contribution in [3.8, 4) is 0 Å². The molecule has 0 saturated carbocycles. The second-order valence-corrected chi connectivity index (χ2v) is 1.29. The van der Waals surface area contributed by atoms with Crippen LogP contribution >= 0.6 is 0 Å². The number of rotatable bonds is 3. The van der Waals surface area contributed by atoms with E-state index in [0.717, 1.165) is 0 Å². The topological polar surface area (TPSA) is 58.6 Å². The van der Waals surface area contributed by atoms with Crippen molar-refractivity contribution in [3.05, 3.63) is 12.2 Å². The molecule has 4 nitrogen and oxygen atoms in total. The van der Waals surface area contributed by atoms with E-state index in [1.165, 1.54) is 19.3 Å². The zero-order chi connectivity index (χ0) is 7.11. The standard InChI is InChI=1S/C5H9NO3/c1-9-5(7)3-2-4-6-8/h2-3,6,8H,4H2,1H3/b3-2+. The summed E-state index contributed by atoms with van der Waals surface area (Å²) in [5, 5.41) is 8.00. The van der Waals surface area contributed by atoms with Gasteiger partial charge in [-0.3, -0.25) is 0 Å². The van der Waals surface area contributed by atoms with Crippen molar-refractivity contribution in [2.45, 2.75) is 0 Å². The normalized spacial score (nSPS) is 10.0. The van der Waals surface area contributed by atoms with Crippen LogP contribution in [-0.2, 0) is 9.53 Å². The first-order valence-corrected chi connectivity index (χ1v) is 2.42. The van der Waals surface area contributed by atoms with E-state index in [2.05, 4.69) is 4.74 Å². The van der Waals surface area contributed by atoms with E-state index in [-0.39, 0.29) is 6.54 Å². The minimum atomic E-state index is -0.426. The Balaban J connectivity index is 3.32. The summed E-state index contributed by atoms with van der Waals surface area (Å²) in [7, 11) is 1.29. The fourth-order valence-corrected chi connectivity index (χ4v) is 0.276. The molecule has 0 aliphatic heterocycles. The van der Waals surface area contributed by atoms with Crippen LogP contribution in [0.15, 0.2) is 12.2 Å². The van der Waals surface area contributed by atoms with E-state index in [9.17, 15) is 4.79 Å². The predicted octanol–water partition coefficient (Wildman–Crippen LogP) is -0.306. The molecule has 0 aromatic rings. The van der Waals surface area contributed by atoms with Crippen LogP contribution in [0.5, 0.6) is 0 Å². The van der Waals surface area contributed by atoms with Gasteiger partial charge in [0.2, 0.25) is 0 Å². The Morgan fingerprint density at radius 3 is 3.00 bits per heavy atom. The van der Waals surface area contributed by atoms with E-state index in [1.54, 1.807) is 0 Å². The second-order valence-electron chi connectivity index (χ2n) is 1.29. The van der Waals surface area contributed by atoms with Gasteiger partial charge in [0.15, 0.2) is 0 Å². The maximum Gasteiger partial charge on any atom is 0.330 e. The highest BCUT2D eigenvalue weighted by Gasteiger charge is 1.86. The summed E-state index contributed by atoms with van der Waals surface area (Å²) in [6.45, 7) is 0.245. The minimum absolute atomic E-state index is 0.245.